The minimum atomic E-state index is 0.298. The van der Waals surface area contributed by atoms with Gasteiger partial charge in [-0.2, -0.15) is 0 Å². The first kappa shape index (κ1) is 10.6. The molecule has 1 aromatic rings. The zero-order valence-corrected chi connectivity index (χ0v) is 9.44. The molecule has 1 aliphatic rings. The molecule has 0 unspecified atom stereocenters. The number of anilines is 1. The van der Waals surface area contributed by atoms with Crippen LogP contribution in [0.15, 0.2) is 12.3 Å². The summed E-state index contributed by atoms with van der Waals surface area (Å²) >= 11 is 5.75. The highest BCUT2D eigenvalue weighted by atomic mass is 35.5. The van der Waals surface area contributed by atoms with Gasteiger partial charge in [0.15, 0.2) is 0 Å². The van der Waals surface area contributed by atoms with Gasteiger partial charge in [-0.25, -0.2) is 9.97 Å². The highest BCUT2D eigenvalue weighted by Crippen LogP contribution is 2.19. The Morgan fingerprint density at radius 1 is 1.60 bits per heavy atom. The zero-order valence-electron chi connectivity index (χ0n) is 8.69. The molecule has 0 bridgehead atoms. The number of hydrogen-bond donors (Lipinski definition) is 0. The van der Waals surface area contributed by atoms with Crippen molar-refractivity contribution < 1.29 is 4.74 Å². The van der Waals surface area contributed by atoms with Gasteiger partial charge in [0.2, 0.25) is 5.28 Å². The largest absolute Gasteiger partial charge is 0.380 e. The van der Waals surface area contributed by atoms with E-state index in [-0.39, 0.29) is 0 Å². The molecule has 0 amide bonds. The third kappa shape index (κ3) is 2.58. The number of halogens is 1. The first-order valence-electron chi connectivity index (χ1n) is 5.06. The van der Waals surface area contributed by atoms with Crippen LogP contribution >= 0.6 is 11.6 Å². The van der Waals surface area contributed by atoms with Crippen molar-refractivity contribution in [2.45, 2.75) is 18.9 Å². The Morgan fingerprint density at radius 3 is 3.20 bits per heavy atom. The summed E-state index contributed by atoms with van der Waals surface area (Å²) in [6.45, 7) is 1.89. The third-order valence-corrected chi connectivity index (χ3v) is 2.83. The molecule has 0 saturated carbocycles. The number of methoxy groups -OCH3 is 1. The van der Waals surface area contributed by atoms with E-state index in [0.717, 1.165) is 31.7 Å². The van der Waals surface area contributed by atoms with Gasteiger partial charge in [0, 0.05) is 26.4 Å². The molecular formula is C10H14ClN3O. The van der Waals surface area contributed by atoms with Crippen LogP contribution in [0.5, 0.6) is 0 Å². The minimum Gasteiger partial charge on any atom is -0.380 e. The summed E-state index contributed by atoms with van der Waals surface area (Å²) in [6.07, 6.45) is 4.22. The number of nitrogens with zero attached hydrogens (tertiary/aromatic N) is 3. The predicted molar refractivity (Wildman–Crippen MR) is 59.3 cm³/mol. The smallest absolute Gasteiger partial charge is 0.224 e. The number of ether oxygens (including phenoxy) is 1. The van der Waals surface area contributed by atoms with Gasteiger partial charge >= 0.3 is 0 Å². The van der Waals surface area contributed by atoms with Crippen LogP contribution in [0.2, 0.25) is 5.28 Å². The molecule has 0 radical (unpaired) electrons. The molecule has 1 fully saturated rings. The molecule has 2 rings (SSSR count). The summed E-state index contributed by atoms with van der Waals surface area (Å²) in [5.41, 5.74) is 0. The van der Waals surface area contributed by atoms with Crippen molar-refractivity contribution in [2.24, 2.45) is 0 Å². The third-order valence-electron chi connectivity index (χ3n) is 2.65. The van der Waals surface area contributed by atoms with Gasteiger partial charge in [-0.3, -0.25) is 0 Å². The topological polar surface area (TPSA) is 38.2 Å². The van der Waals surface area contributed by atoms with Crippen molar-refractivity contribution in [3.63, 3.8) is 0 Å². The number of aromatic nitrogens is 2. The molecule has 0 aliphatic carbocycles. The molecule has 5 heteroatoms. The maximum atomic E-state index is 5.75. The zero-order chi connectivity index (χ0) is 10.7. The van der Waals surface area contributed by atoms with Crippen LogP contribution in [-0.2, 0) is 4.74 Å². The van der Waals surface area contributed by atoms with Gasteiger partial charge in [-0.1, -0.05) is 0 Å². The van der Waals surface area contributed by atoms with Crippen molar-refractivity contribution in [1.82, 2.24) is 9.97 Å². The number of rotatable bonds is 2. The van der Waals surface area contributed by atoms with Crippen LogP contribution in [0.25, 0.3) is 0 Å². The highest BCUT2D eigenvalue weighted by molar-refractivity contribution is 6.28. The lowest BCUT2D eigenvalue weighted by atomic mass is 10.1. The lowest BCUT2D eigenvalue weighted by molar-refractivity contribution is 0.0891. The van der Waals surface area contributed by atoms with Gasteiger partial charge in [0.1, 0.15) is 5.82 Å². The van der Waals surface area contributed by atoms with E-state index in [1.165, 1.54) is 0 Å². The van der Waals surface area contributed by atoms with Gasteiger partial charge in [0.25, 0.3) is 0 Å². The Hall–Kier alpha value is -0.870. The monoisotopic (exact) mass is 227 g/mol. The van der Waals surface area contributed by atoms with Gasteiger partial charge < -0.3 is 9.64 Å². The molecule has 1 atom stereocenters. The first-order chi connectivity index (χ1) is 7.29. The Morgan fingerprint density at radius 2 is 2.47 bits per heavy atom. The van der Waals surface area contributed by atoms with E-state index in [9.17, 15) is 0 Å². The van der Waals surface area contributed by atoms with E-state index in [0.29, 0.717) is 11.4 Å². The molecule has 1 aromatic heterocycles. The summed E-state index contributed by atoms with van der Waals surface area (Å²) in [6, 6.07) is 1.88. The molecule has 15 heavy (non-hydrogen) atoms. The van der Waals surface area contributed by atoms with Crippen molar-refractivity contribution in [2.75, 3.05) is 25.1 Å². The molecule has 82 valence electrons. The average Bonchev–Trinajstić information content (AvgIpc) is 2.29. The van der Waals surface area contributed by atoms with Crippen molar-refractivity contribution in [3.8, 4) is 0 Å². The quantitative estimate of drug-likeness (QED) is 0.722. The van der Waals surface area contributed by atoms with Crippen LogP contribution in [0.1, 0.15) is 12.8 Å². The van der Waals surface area contributed by atoms with Crippen LogP contribution in [0.3, 0.4) is 0 Å². The SMILES string of the molecule is CO[C@@H]1CCCN(c2ccnc(Cl)n2)C1. The summed E-state index contributed by atoms with van der Waals surface area (Å²) < 4.78 is 5.36. The maximum Gasteiger partial charge on any atom is 0.224 e. The average molecular weight is 228 g/mol. The summed E-state index contributed by atoms with van der Waals surface area (Å²) in [5.74, 6) is 0.886. The Labute approximate surface area is 94.2 Å². The van der Waals surface area contributed by atoms with Crippen LogP contribution < -0.4 is 4.90 Å². The van der Waals surface area contributed by atoms with Crippen molar-refractivity contribution in [3.05, 3.63) is 17.5 Å². The van der Waals surface area contributed by atoms with E-state index < -0.39 is 0 Å². The van der Waals surface area contributed by atoms with Gasteiger partial charge in [-0.05, 0) is 30.5 Å². The van der Waals surface area contributed by atoms with Gasteiger partial charge in [0.05, 0.1) is 6.10 Å². The molecule has 0 spiro atoms. The van der Waals surface area contributed by atoms with E-state index in [1.54, 1.807) is 13.3 Å². The van der Waals surface area contributed by atoms with Crippen LogP contribution in [0.4, 0.5) is 5.82 Å². The number of piperidine rings is 1. The van der Waals surface area contributed by atoms with E-state index in [1.807, 2.05) is 6.07 Å². The van der Waals surface area contributed by atoms with E-state index in [2.05, 4.69) is 14.9 Å². The summed E-state index contributed by atoms with van der Waals surface area (Å²) in [7, 11) is 1.75. The summed E-state index contributed by atoms with van der Waals surface area (Å²) in [5, 5.41) is 0.298. The molecule has 0 N–H and O–H groups in total. The molecule has 2 heterocycles. The Balaban J connectivity index is 2.09. The number of hydrogen-bond acceptors (Lipinski definition) is 4. The molecule has 1 aliphatic heterocycles. The normalized spacial score (nSPS) is 21.7. The van der Waals surface area contributed by atoms with Crippen LogP contribution in [0, 0.1) is 0 Å². The maximum absolute atomic E-state index is 5.75. The van der Waals surface area contributed by atoms with E-state index in [4.69, 9.17) is 16.3 Å². The minimum absolute atomic E-state index is 0.298. The lowest BCUT2D eigenvalue weighted by Crippen LogP contribution is -2.39. The molecule has 4 nitrogen and oxygen atoms in total. The fourth-order valence-electron chi connectivity index (χ4n) is 1.84. The Kier molecular flexibility index (Phi) is 3.38. The first-order valence-corrected chi connectivity index (χ1v) is 5.43. The lowest BCUT2D eigenvalue weighted by Gasteiger charge is -2.32. The molecule has 1 saturated heterocycles. The summed E-state index contributed by atoms with van der Waals surface area (Å²) in [4.78, 5) is 10.2. The van der Waals surface area contributed by atoms with Crippen LogP contribution in [-0.4, -0.2) is 36.3 Å². The second-order valence-corrected chi connectivity index (χ2v) is 3.97. The Bertz CT molecular complexity index is 334. The molecule has 0 aromatic carbocycles. The van der Waals surface area contributed by atoms with Crippen molar-refractivity contribution in [1.29, 1.82) is 0 Å². The predicted octanol–water partition coefficient (Wildman–Crippen LogP) is 1.75. The fraction of sp³-hybridized carbons (Fsp3) is 0.600. The second kappa shape index (κ2) is 4.77. The van der Waals surface area contributed by atoms with E-state index >= 15 is 0 Å². The standard InChI is InChI=1S/C10H14ClN3O/c1-15-8-3-2-6-14(7-8)9-4-5-12-10(11)13-9/h4-5,8H,2-3,6-7H2,1H3/t8-/m1/s1. The second-order valence-electron chi connectivity index (χ2n) is 3.63. The van der Waals surface area contributed by atoms with Crippen molar-refractivity contribution >= 4 is 17.4 Å². The highest BCUT2D eigenvalue weighted by Gasteiger charge is 2.20. The fourth-order valence-corrected chi connectivity index (χ4v) is 1.98. The molecular weight excluding hydrogens is 214 g/mol. The van der Waals surface area contributed by atoms with Gasteiger partial charge in [-0.15, -0.1) is 0 Å².